The monoisotopic (exact) mass is 375 g/mol. The first-order chi connectivity index (χ1) is 11.8. The number of nitro groups is 1. The van der Waals surface area contributed by atoms with E-state index in [1.807, 2.05) is 37.6 Å². The molecule has 0 N–H and O–H groups in total. The van der Waals surface area contributed by atoms with Crippen molar-refractivity contribution >= 4 is 44.7 Å². The van der Waals surface area contributed by atoms with Crippen LogP contribution in [0.5, 0.6) is 0 Å². The van der Waals surface area contributed by atoms with Crippen LogP contribution in [0.15, 0.2) is 35.3 Å². The number of aryl methyl sites for hydroxylation is 3. The summed E-state index contributed by atoms with van der Waals surface area (Å²) in [6, 6.07) is 7.86. The molecule has 0 radical (unpaired) electrons. The van der Waals surface area contributed by atoms with Crippen LogP contribution in [0.1, 0.15) is 21.5 Å². The zero-order valence-corrected chi connectivity index (χ0v) is 15.3. The van der Waals surface area contributed by atoms with Crippen LogP contribution in [0.3, 0.4) is 0 Å². The molecule has 25 heavy (non-hydrogen) atoms. The first-order valence-electron chi connectivity index (χ1n) is 7.38. The minimum absolute atomic E-state index is 0.122. The van der Waals surface area contributed by atoms with Crippen molar-refractivity contribution < 1.29 is 9.72 Å². The lowest BCUT2D eigenvalue weighted by molar-refractivity contribution is -0.385. The normalized spacial score (nSPS) is 11.9. The summed E-state index contributed by atoms with van der Waals surface area (Å²) in [5, 5.41) is 11.4. The maximum absolute atomic E-state index is 12.5. The van der Waals surface area contributed by atoms with E-state index in [-0.39, 0.29) is 16.3 Å². The highest BCUT2D eigenvalue weighted by Crippen LogP contribution is 2.25. The number of nitrogens with zero attached hydrogens (tertiary/aromatic N) is 3. The molecule has 0 aliphatic rings. The van der Waals surface area contributed by atoms with Gasteiger partial charge in [0.2, 0.25) is 0 Å². The second-order valence-corrected chi connectivity index (χ2v) is 7.08. The predicted molar refractivity (Wildman–Crippen MR) is 98.3 cm³/mol. The predicted octanol–water partition coefficient (Wildman–Crippen LogP) is 4.16. The van der Waals surface area contributed by atoms with Gasteiger partial charge in [-0.3, -0.25) is 14.9 Å². The second kappa shape index (κ2) is 6.42. The molecule has 0 aliphatic heterocycles. The molecule has 1 aromatic heterocycles. The van der Waals surface area contributed by atoms with Gasteiger partial charge in [0.1, 0.15) is 5.56 Å². The third kappa shape index (κ3) is 3.08. The minimum atomic E-state index is -0.689. The van der Waals surface area contributed by atoms with Gasteiger partial charge in [-0.1, -0.05) is 29.0 Å². The summed E-state index contributed by atoms with van der Waals surface area (Å²) >= 11 is 7.24. The summed E-state index contributed by atoms with van der Waals surface area (Å²) in [5.41, 5.74) is 2.82. The van der Waals surface area contributed by atoms with Crippen molar-refractivity contribution in [2.24, 2.45) is 12.0 Å². The van der Waals surface area contributed by atoms with Gasteiger partial charge in [0, 0.05) is 18.1 Å². The van der Waals surface area contributed by atoms with Crippen LogP contribution in [0, 0.1) is 24.0 Å². The number of benzene rings is 2. The van der Waals surface area contributed by atoms with E-state index in [0.717, 1.165) is 21.3 Å². The highest BCUT2D eigenvalue weighted by molar-refractivity contribution is 7.16. The number of hydrogen-bond acceptors (Lipinski definition) is 4. The molecule has 2 aromatic carbocycles. The molecular weight excluding hydrogens is 362 g/mol. The third-order valence-corrected chi connectivity index (χ3v) is 5.40. The number of halogens is 1. The Morgan fingerprint density at radius 2 is 2.00 bits per heavy atom. The molecule has 0 saturated heterocycles. The zero-order valence-electron chi connectivity index (χ0n) is 13.7. The van der Waals surface area contributed by atoms with Gasteiger partial charge in [-0.25, -0.2) is 0 Å². The molecular formula is C17H14ClN3O3S. The van der Waals surface area contributed by atoms with Crippen LogP contribution in [-0.4, -0.2) is 15.4 Å². The molecule has 0 unspecified atom stereocenters. The number of amides is 1. The van der Waals surface area contributed by atoms with Gasteiger partial charge in [-0.05, 0) is 43.2 Å². The molecule has 0 fully saturated rings. The van der Waals surface area contributed by atoms with Crippen molar-refractivity contribution in [1.29, 1.82) is 0 Å². The van der Waals surface area contributed by atoms with E-state index in [1.54, 1.807) is 0 Å². The SMILES string of the molecule is Cc1ccc2sc(=NC(=O)c3cc(Cl)ccc3[N+](=O)[O-])n(C)c2c1C. The van der Waals surface area contributed by atoms with Crippen LogP contribution in [0.25, 0.3) is 10.2 Å². The quantitative estimate of drug-likeness (QED) is 0.498. The largest absolute Gasteiger partial charge is 0.319 e. The van der Waals surface area contributed by atoms with E-state index >= 15 is 0 Å². The summed E-state index contributed by atoms with van der Waals surface area (Å²) in [4.78, 5) is 27.6. The summed E-state index contributed by atoms with van der Waals surface area (Å²) < 4.78 is 2.83. The van der Waals surface area contributed by atoms with E-state index < -0.39 is 10.8 Å². The molecule has 0 atom stereocenters. The lowest BCUT2D eigenvalue weighted by Gasteiger charge is -2.03. The molecule has 6 nitrogen and oxygen atoms in total. The van der Waals surface area contributed by atoms with Crippen LogP contribution >= 0.6 is 22.9 Å². The van der Waals surface area contributed by atoms with Gasteiger partial charge in [0.25, 0.3) is 11.6 Å². The highest BCUT2D eigenvalue weighted by Gasteiger charge is 2.20. The van der Waals surface area contributed by atoms with Gasteiger partial charge in [-0.2, -0.15) is 4.99 Å². The molecule has 128 valence electrons. The van der Waals surface area contributed by atoms with Gasteiger partial charge in [0.05, 0.1) is 15.1 Å². The average Bonchev–Trinajstić information content (AvgIpc) is 2.87. The van der Waals surface area contributed by atoms with Crippen LogP contribution in [0.4, 0.5) is 5.69 Å². The Balaban J connectivity index is 2.20. The Bertz CT molecular complexity index is 1100. The van der Waals surface area contributed by atoms with E-state index in [4.69, 9.17) is 11.6 Å². The number of fused-ring (bicyclic) bond motifs is 1. The number of carbonyl (C=O) groups excluding carboxylic acids is 1. The molecule has 1 heterocycles. The van der Waals surface area contributed by atoms with Crippen molar-refractivity contribution in [3.05, 3.63) is 67.0 Å². The Labute approximate surface area is 152 Å². The Morgan fingerprint density at radius 3 is 2.68 bits per heavy atom. The molecule has 8 heteroatoms. The van der Waals surface area contributed by atoms with Crippen LogP contribution in [0.2, 0.25) is 5.02 Å². The van der Waals surface area contributed by atoms with Crippen LogP contribution in [-0.2, 0) is 7.05 Å². The fraction of sp³-hybridized carbons (Fsp3) is 0.176. The number of hydrogen-bond donors (Lipinski definition) is 0. The number of rotatable bonds is 2. The van der Waals surface area contributed by atoms with E-state index in [0.29, 0.717) is 4.80 Å². The van der Waals surface area contributed by atoms with E-state index in [9.17, 15) is 14.9 Å². The van der Waals surface area contributed by atoms with Gasteiger partial charge >= 0.3 is 0 Å². The summed E-state index contributed by atoms with van der Waals surface area (Å²) in [6.45, 7) is 4.03. The summed E-state index contributed by atoms with van der Waals surface area (Å²) in [6.07, 6.45) is 0. The lowest BCUT2D eigenvalue weighted by Crippen LogP contribution is -2.14. The maximum atomic E-state index is 12.5. The highest BCUT2D eigenvalue weighted by atomic mass is 35.5. The van der Waals surface area contributed by atoms with Crippen molar-refractivity contribution in [3.8, 4) is 0 Å². The topological polar surface area (TPSA) is 77.5 Å². The lowest BCUT2D eigenvalue weighted by atomic mass is 10.1. The molecule has 1 amide bonds. The maximum Gasteiger partial charge on any atom is 0.286 e. The third-order valence-electron chi connectivity index (χ3n) is 4.07. The number of thiazole rings is 1. The molecule has 3 aromatic rings. The fourth-order valence-electron chi connectivity index (χ4n) is 2.62. The van der Waals surface area contributed by atoms with Crippen molar-refractivity contribution in [2.45, 2.75) is 13.8 Å². The summed E-state index contributed by atoms with van der Waals surface area (Å²) in [7, 11) is 1.82. The average molecular weight is 376 g/mol. The van der Waals surface area contributed by atoms with E-state index in [2.05, 4.69) is 4.99 Å². The number of carbonyl (C=O) groups is 1. The van der Waals surface area contributed by atoms with Gasteiger partial charge < -0.3 is 4.57 Å². The van der Waals surface area contributed by atoms with Crippen molar-refractivity contribution in [3.63, 3.8) is 0 Å². The standard InChI is InChI=1S/C17H14ClN3O3S/c1-9-4-7-14-15(10(9)2)20(3)17(25-14)19-16(22)12-8-11(18)5-6-13(12)21(23)24/h4-8H,1-3H3. The Hall–Kier alpha value is -2.51. The summed E-state index contributed by atoms with van der Waals surface area (Å²) in [5.74, 6) is -0.689. The van der Waals surface area contributed by atoms with Crippen molar-refractivity contribution in [2.75, 3.05) is 0 Å². The van der Waals surface area contributed by atoms with Gasteiger partial charge in [0.15, 0.2) is 4.80 Å². The van der Waals surface area contributed by atoms with Crippen LogP contribution < -0.4 is 4.80 Å². The Morgan fingerprint density at radius 1 is 1.28 bits per heavy atom. The smallest absolute Gasteiger partial charge is 0.286 e. The molecule has 3 rings (SSSR count). The Kier molecular flexibility index (Phi) is 4.45. The van der Waals surface area contributed by atoms with Gasteiger partial charge in [-0.15, -0.1) is 0 Å². The fourth-order valence-corrected chi connectivity index (χ4v) is 3.87. The first-order valence-corrected chi connectivity index (χ1v) is 8.57. The number of nitro benzene ring substituents is 1. The molecule has 0 saturated carbocycles. The number of aromatic nitrogens is 1. The molecule has 0 spiro atoms. The zero-order chi connectivity index (χ0) is 18.3. The second-order valence-electron chi connectivity index (χ2n) is 5.63. The van der Waals surface area contributed by atoms with E-state index in [1.165, 1.54) is 29.5 Å². The van der Waals surface area contributed by atoms with Crippen molar-refractivity contribution in [1.82, 2.24) is 4.57 Å². The first kappa shape index (κ1) is 17.3. The molecule has 0 bridgehead atoms. The minimum Gasteiger partial charge on any atom is -0.319 e. The molecule has 0 aliphatic carbocycles.